The van der Waals surface area contributed by atoms with Crippen LogP contribution in [0.3, 0.4) is 0 Å². The van der Waals surface area contributed by atoms with E-state index in [0.29, 0.717) is 13.1 Å². The Labute approximate surface area is 103 Å². The lowest BCUT2D eigenvalue weighted by Crippen LogP contribution is -2.41. The molecule has 5 heteroatoms. The van der Waals surface area contributed by atoms with Crippen molar-refractivity contribution >= 4 is 12.3 Å². The van der Waals surface area contributed by atoms with Crippen molar-refractivity contribution in [2.75, 3.05) is 6.61 Å². The van der Waals surface area contributed by atoms with E-state index in [1.54, 1.807) is 6.92 Å². The first kappa shape index (κ1) is 16.1. The number of Topliss-reactive ketones (excluding diaryl/α,β-unsaturated/α-hetero) is 1. The van der Waals surface area contributed by atoms with Gasteiger partial charge in [-0.3, -0.25) is 14.9 Å². The van der Waals surface area contributed by atoms with Crippen molar-refractivity contribution < 1.29 is 19.1 Å². The summed E-state index contributed by atoms with van der Waals surface area (Å²) in [4.78, 5) is 20.4. The summed E-state index contributed by atoms with van der Waals surface area (Å²) in [5, 5.41) is 3.06. The highest BCUT2D eigenvalue weighted by Gasteiger charge is 2.32. The van der Waals surface area contributed by atoms with Crippen LogP contribution < -0.4 is 5.32 Å². The zero-order valence-electron chi connectivity index (χ0n) is 11.5. The van der Waals surface area contributed by atoms with Gasteiger partial charge in [-0.05, 0) is 41.5 Å². The molecule has 1 unspecified atom stereocenters. The van der Waals surface area contributed by atoms with Crippen LogP contribution >= 0.6 is 0 Å². The van der Waals surface area contributed by atoms with Gasteiger partial charge in [0.05, 0.1) is 12.6 Å². The summed E-state index contributed by atoms with van der Waals surface area (Å²) in [6, 6.07) is -0.102. The standard InChI is InChI=1S/C7H13NO2.C5H10O2/c1-5(9)6-4-10-7(2,3)8-6;1-5(2,3)7-4-6/h6,8H,4H2,1-3H3;4H,1-3H3. The van der Waals surface area contributed by atoms with Crippen LogP contribution in [0.15, 0.2) is 0 Å². The van der Waals surface area contributed by atoms with E-state index in [1.165, 1.54) is 0 Å². The third-order valence-electron chi connectivity index (χ3n) is 2.03. The lowest BCUT2D eigenvalue weighted by molar-refractivity contribution is -0.138. The predicted molar refractivity (Wildman–Crippen MR) is 64.5 cm³/mol. The summed E-state index contributed by atoms with van der Waals surface area (Å²) in [5.74, 6) is 0.144. The van der Waals surface area contributed by atoms with Crippen molar-refractivity contribution in [1.82, 2.24) is 5.32 Å². The van der Waals surface area contributed by atoms with Crippen LogP contribution in [0.25, 0.3) is 0 Å². The van der Waals surface area contributed by atoms with Gasteiger partial charge in [-0.1, -0.05) is 0 Å². The third kappa shape index (κ3) is 7.88. The van der Waals surface area contributed by atoms with Crippen LogP contribution in [0.2, 0.25) is 0 Å². The number of hydrogen-bond acceptors (Lipinski definition) is 5. The molecule has 0 radical (unpaired) electrons. The maximum Gasteiger partial charge on any atom is 0.293 e. The third-order valence-corrected chi connectivity index (χ3v) is 2.03. The fourth-order valence-electron chi connectivity index (χ4n) is 1.16. The van der Waals surface area contributed by atoms with Gasteiger partial charge >= 0.3 is 0 Å². The molecule has 0 amide bonds. The molecule has 1 aliphatic rings. The minimum atomic E-state index is -0.323. The molecule has 0 aromatic heterocycles. The zero-order valence-corrected chi connectivity index (χ0v) is 11.5. The molecule has 0 aliphatic carbocycles. The van der Waals surface area contributed by atoms with Gasteiger partial charge in [0.2, 0.25) is 0 Å². The number of carbonyl (C=O) groups excluding carboxylic acids is 2. The SMILES string of the molecule is CC(=O)C1COC(C)(C)N1.CC(C)(C)OC=O. The zero-order chi connectivity index (χ0) is 13.7. The molecule has 1 rings (SSSR count). The Bertz CT molecular complexity index is 268. The van der Waals surface area contributed by atoms with Crippen LogP contribution in [0.5, 0.6) is 0 Å². The molecule has 0 aromatic rings. The molecule has 100 valence electrons. The van der Waals surface area contributed by atoms with Crippen molar-refractivity contribution in [2.45, 2.75) is 58.9 Å². The van der Waals surface area contributed by atoms with Crippen LogP contribution in [-0.2, 0) is 19.1 Å². The van der Waals surface area contributed by atoms with Crippen molar-refractivity contribution in [1.29, 1.82) is 0 Å². The summed E-state index contributed by atoms with van der Waals surface area (Å²) in [6.45, 7) is 11.8. The van der Waals surface area contributed by atoms with Gasteiger partial charge in [-0.15, -0.1) is 0 Å². The average molecular weight is 245 g/mol. The number of rotatable bonds is 2. The van der Waals surface area contributed by atoms with Crippen LogP contribution in [0.4, 0.5) is 0 Å². The average Bonchev–Trinajstić information content (AvgIpc) is 2.45. The Kier molecular flexibility index (Phi) is 5.78. The Morgan fingerprint density at radius 1 is 1.47 bits per heavy atom. The number of hydrogen-bond donors (Lipinski definition) is 1. The molecule has 0 spiro atoms. The summed E-state index contributed by atoms with van der Waals surface area (Å²) >= 11 is 0. The van der Waals surface area contributed by atoms with Gasteiger partial charge in [0.25, 0.3) is 6.47 Å². The van der Waals surface area contributed by atoms with Crippen LogP contribution in [0, 0.1) is 0 Å². The number of ether oxygens (including phenoxy) is 2. The molecule has 1 atom stereocenters. The molecule has 5 nitrogen and oxygen atoms in total. The van der Waals surface area contributed by atoms with Crippen LogP contribution in [-0.4, -0.2) is 36.2 Å². The molecule has 0 saturated carbocycles. The normalized spacial score (nSPS) is 22.4. The maximum absolute atomic E-state index is 10.8. The summed E-state index contributed by atoms with van der Waals surface area (Å²) in [5.41, 5.74) is -0.641. The first-order chi connectivity index (χ1) is 7.57. The quantitative estimate of drug-likeness (QED) is 0.742. The summed E-state index contributed by atoms with van der Waals surface area (Å²) in [6.07, 6.45) is 0. The molecule has 0 aromatic carbocycles. The highest BCUT2D eigenvalue weighted by molar-refractivity contribution is 5.81. The largest absolute Gasteiger partial charge is 0.462 e. The summed E-state index contributed by atoms with van der Waals surface area (Å²) < 4.78 is 9.83. The lowest BCUT2D eigenvalue weighted by Gasteiger charge is -2.16. The highest BCUT2D eigenvalue weighted by Crippen LogP contribution is 2.14. The van der Waals surface area contributed by atoms with Gasteiger partial charge in [0.15, 0.2) is 0 Å². The molecule has 17 heavy (non-hydrogen) atoms. The van der Waals surface area contributed by atoms with Gasteiger partial charge in [-0.25, -0.2) is 0 Å². The van der Waals surface area contributed by atoms with Gasteiger partial charge in [-0.2, -0.15) is 0 Å². The molecule has 1 aliphatic heterocycles. The fraction of sp³-hybridized carbons (Fsp3) is 0.833. The second-order valence-corrected chi connectivity index (χ2v) is 5.46. The molecule has 0 bridgehead atoms. The Hall–Kier alpha value is -0.940. The van der Waals surface area contributed by atoms with Crippen LogP contribution in [0.1, 0.15) is 41.5 Å². The van der Waals surface area contributed by atoms with Crippen molar-refractivity contribution in [2.24, 2.45) is 0 Å². The van der Waals surface area contributed by atoms with E-state index in [4.69, 9.17) is 4.74 Å². The molecule has 1 saturated heterocycles. The van der Waals surface area contributed by atoms with E-state index in [9.17, 15) is 9.59 Å². The van der Waals surface area contributed by atoms with Crippen molar-refractivity contribution in [3.63, 3.8) is 0 Å². The van der Waals surface area contributed by atoms with Gasteiger partial charge in [0.1, 0.15) is 17.1 Å². The first-order valence-electron chi connectivity index (χ1n) is 5.61. The monoisotopic (exact) mass is 245 g/mol. The smallest absolute Gasteiger partial charge is 0.293 e. The number of carbonyl (C=O) groups is 2. The number of nitrogens with one attached hydrogen (secondary N) is 1. The molecule has 1 heterocycles. The molecule has 1 N–H and O–H groups in total. The Morgan fingerprint density at radius 3 is 2.12 bits per heavy atom. The second-order valence-electron chi connectivity index (χ2n) is 5.46. The van der Waals surface area contributed by atoms with Crippen molar-refractivity contribution in [3.8, 4) is 0 Å². The topological polar surface area (TPSA) is 64.6 Å². The van der Waals surface area contributed by atoms with E-state index >= 15 is 0 Å². The van der Waals surface area contributed by atoms with E-state index in [2.05, 4.69) is 10.1 Å². The maximum atomic E-state index is 10.8. The molecular weight excluding hydrogens is 222 g/mol. The van der Waals surface area contributed by atoms with E-state index in [1.807, 2.05) is 34.6 Å². The molecular formula is C12H23NO4. The Morgan fingerprint density at radius 2 is 2.00 bits per heavy atom. The minimum Gasteiger partial charge on any atom is -0.462 e. The summed E-state index contributed by atoms with van der Waals surface area (Å²) in [7, 11) is 0. The van der Waals surface area contributed by atoms with E-state index < -0.39 is 0 Å². The first-order valence-corrected chi connectivity index (χ1v) is 5.61. The van der Waals surface area contributed by atoms with E-state index in [-0.39, 0.29) is 23.2 Å². The van der Waals surface area contributed by atoms with Gasteiger partial charge < -0.3 is 9.47 Å². The highest BCUT2D eigenvalue weighted by atomic mass is 16.5. The second kappa shape index (κ2) is 6.12. The van der Waals surface area contributed by atoms with E-state index in [0.717, 1.165) is 0 Å². The lowest BCUT2D eigenvalue weighted by atomic mass is 10.2. The molecule has 1 fully saturated rings. The number of ketones is 1. The van der Waals surface area contributed by atoms with Crippen molar-refractivity contribution in [3.05, 3.63) is 0 Å². The Balaban J connectivity index is 0.000000325. The fourth-order valence-corrected chi connectivity index (χ4v) is 1.16. The van der Waals surface area contributed by atoms with Gasteiger partial charge in [0, 0.05) is 0 Å². The minimum absolute atomic E-state index is 0.102. The predicted octanol–water partition coefficient (Wildman–Crippen LogP) is 1.26.